The zero-order chi connectivity index (χ0) is 22.0. The van der Waals surface area contributed by atoms with E-state index in [1.165, 1.54) is 14.2 Å². The summed E-state index contributed by atoms with van der Waals surface area (Å²) >= 11 is 6.42. The summed E-state index contributed by atoms with van der Waals surface area (Å²) in [6.07, 6.45) is 1.06. The molecule has 8 heteroatoms. The zero-order valence-corrected chi connectivity index (χ0v) is 18.3. The molecule has 1 atom stereocenters. The summed E-state index contributed by atoms with van der Waals surface area (Å²) in [7, 11) is 3.01. The highest BCUT2D eigenvalue weighted by Gasteiger charge is 2.40. The van der Waals surface area contributed by atoms with Crippen molar-refractivity contribution in [1.29, 1.82) is 0 Å². The molecule has 0 saturated carbocycles. The maximum atomic E-state index is 13.1. The number of hydrogen-bond acceptors (Lipinski definition) is 5. The summed E-state index contributed by atoms with van der Waals surface area (Å²) in [4.78, 5) is 29.2. The van der Waals surface area contributed by atoms with E-state index < -0.39 is 0 Å². The molecule has 164 valence electrons. The predicted octanol–water partition coefficient (Wildman–Crippen LogP) is 4.16. The molecule has 0 radical (unpaired) electrons. The van der Waals surface area contributed by atoms with Gasteiger partial charge >= 0.3 is 6.09 Å². The van der Waals surface area contributed by atoms with Gasteiger partial charge in [-0.3, -0.25) is 9.69 Å². The van der Waals surface area contributed by atoms with Gasteiger partial charge in [-0.05, 0) is 30.5 Å². The first kappa shape index (κ1) is 21.3. The Labute approximate surface area is 186 Å². The van der Waals surface area contributed by atoms with Crippen molar-refractivity contribution >= 4 is 23.6 Å². The largest absolute Gasteiger partial charge is 0.493 e. The van der Waals surface area contributed by atoms with Crippen molar-refractivity contribution in [1.82, 2.24) is 9.80 Å². The van der Waals surface area contributed by atoms with Crippen LogP contribution >= 0.6 is 11.6 Å². The Balaban J connectivity index is 1.46. The number of halogens is 1. The lowest BCUT2D eigenvalue weighted by molar-refractivity contribution is 0.0636. The lowest BCUT2D eigenvalue weighted by atomic mass is 9.98. The van der Waals surface area contributed by atoms with Gasteiger partial charge in [0.15, 0.2) is 11.5 Å². The normalized spacial score (nSPS) is 19.3. The number of nitrogens with zero attached hydrogens (tertiary/aromatic N) is 2. The smallest absolute Gasteiger partial charge is 0.410 e. The van der Waals surface area contributed by atoms with Crippen molar-refractivity contribution < 1.29 is 23.8 Å². The van der Waals surface area contributed by atoms with Crippen LogP contribution in [0, 0.1) is 0 Å². The molecule has 7 nitrogen and oxygen atoms in total. The Bertz CT molecular complexity index is 960. The zero-order valence-electron chi connectivity index (χ0n) is 17.5. The molecule has 2 aromatic carbocycles. The molecule has 2 aliphatic rings. The van der Waals surface area contributed by atoms with Gasteiger partial charge in [-0.15, -0.1) is 0 Å². The molecule has 1 unspecified atom stereocenters. The number of amides is 2. The molecule has 31 heavy (non-hydrogen) atoms. The van der Waals surface area contributed by atoms with Crippen LogP contribution in [0.1, 0.15) is 34.8 Å². The summed E-state index contributed by atoms with van der Waals surface area (Å²) in [6.45, 7) is 1.40. The lowest BCUT2D eigenvalue weighted by Crippen LogP contribution is -2.47. The van der Waals surface area contributed by atoms with E-state index in [9.17, 15) is 9.59 Å². The molecular formula is C23H25ClN2O5. The van der Waals surface area contributed by atoms with Gasteiger partial charge in [0.2, 0.25) is 0 Å². The number of benzene rings is 2. The molecule has 0 aromatic heterocycles. The highest BCUT2D eigenvalue weighted by molar-refractivity contribution is 6.35. The highest BCUT2D eigenvalue weighted by Crippen LogP contribution is 2.38. The Morgan fingerprint density at radius 1 is 1.06 bits per heavy atom. The molecule has 2 saturated heterocycles. The van der Waals surface area contributed by atoms with Crippen molar-refractivity contribution in [2.45, 2.75) is 24.9 Å². The fraction of sp³-hybridized carbons (Fsp3) is 0.391. The summed E-state index contributed by atoms with van der Waals surface area (Å²) in [6, 6.07) is 13.2. The van der Waals surface area contributed by atoms with E-state index in [1.54, 1.807) is 17.0 Å². The van der Waals surface area contributed by atoms with Crippen molar-refractivity contribution in [2.75, 3.05) is 33.9 Å². The molecule has 0 aliphatic carbocycles. The van der Waals surface area contributed by atoms with Crippen LogP contribution in [0.25, 0.3) is 0 Å². The van der Waals surface area contributed by atoms with E-state index in [2.05, 4.69) is 0 Å². The van der Waals surface area contributed by atoms with E-state index in [0.717, 1.165) is 5.56 Å². The average molecular weight is 445 g/mol. The summed E-state index contributed by atoms with van der Waals surface area (Å²) in [5.74, 6) is 0.658. The van der Waals surface area contributed by atoms with Crippen LogP contribution in [-0.2, 0) is 4.74 Å². The minimum atomic E-state index is -0.290. The van der Waals surface area contributed by atoms with E-state index in [-0.39, 0.29) is 29.1 Å². The molecule has 2 amide bonds. The van der Waals surface area contributed by atoms with Gasteiger partial charge in [0.1, 0.15) is 6.61 Å². The van der Waals surface area contributed by atoms with Gasteiger partial charge in [0.25, 0.3) is 5.91 Å². The van der Waals surface area contributed by atoms with Crippen LogP contribution in [-0.4, -0.2) is 61.8 Å². The van der Waals surface area contributed by atoms with Crippen molar-refractivity contribution in [2.24, 2.45) is 0 Å². The summed E-state index contributed by atoms with van der Waals surface area (Å²) in [5.41, 5.74) is 1.43. The number of hydrogen-bond donors (Lipinski definition) is 0. The number of carbonyl (C=O) groups is 2. The molecule has 2 heterocycles. The van der Waals surface area contributed by atoms with Gasteiger partial charge < -0.3 is 19.1 Å². The molecule has 2 fully saturated rings. The number of methoxy groups -OCH3 is 2. The van der Waals surface area contributed by atoms with Crippen LogP contribution in [0.2, 0.25) is 5.02 Å². The van der Waals surface area contributed by atoms with Crippen LogP contribution in [0.15, 0.2) is 42.5 Å². The van der Waals surface area contributed by atoms with Crippen LogP contribution < -0.4 is 9.47 Å². The molecule has 0 bridgehead atoms. The van der Waals surface area contributed by atoms with Crippen LogP contribution in [0.5, 0.6) is 11.5 Å². The Morgan fingerprint density at radius 2 is 1.77 bits per heavy atom. The van der Waals surface area contributed by atoms with Gasteiger partial charge in [0, 0.05) is 19.1 Å². The van der Waals surface area contributed by atoms with Gasteiger partial charge in [-0.1, -0.05) is 41.9 Å². The second-order valence-corrected chi connectivity index (χ2v) is 7.97. The average Bonchev–Trinajstić information content (AvgIpc) is 3.20. The summed E-state index contributed by atoms with van der Waals surface area (Å²) in [5, 5.41) is 0.237. The summed E-state index contributed by atoms with van der Waals surface area (Å²) < 4.78 is 15.9. The van der Waals surface area contributed by atoms with Crippen LogP contribution in [0.4, 0.5) is 4.79 Å². The second kappa shape index (κ2) is 9.06. The van der Waals surface area contributed by atoms with Crippen molar-refractivity contribution in [3.63, 3.8) is 0 Å². The topological polar surface area (TPSA) is 68.3 Å². The molecule has 4 rings (SSSR count). The third-order valence-corrected chi connectivity index (χ3v) is 6.33. The standard InChI is InChI=1S/C23H25ClN2O5/c1-29-19-9-8-17(20(24)21(19)30-2)22(27)25-12-10-16(11-13-25)26-18(14-31-23(26)28)15-6-4-3-5-7-15/h3-9,16,18H,10-14H2,1-2H3. The Morgan fingerprint density at radius 3 is 2.42 bits per heavy atom. The molecule has 0 N–H and O–H groups in total. The quantitative estimate of drug-likeness (QED) is 0.692. The van der Waals surface area contributed by atoms with E-state index in [1.807, 2.05) is 35.2 Å². The number of ether oxygens (including phenoxy) is 3. The minimum Gasteiger partial charge on any atom is -0.493 e. The third-order valence-electron chi connectivity index (χ3n) is 5.96. The maximum absolute atomic E-state index is 13.1. The Hall–Kier alpha value is -2.93. The molecular weight excluding hydrogens is 420 g/mol. The van der Waals surface area contributed by atoms with E-state index in [0.29, 0.717) is 49.6 Å². The number of cyclic esters (lactones) is 1. The van der Waals surface area contributed by atoms with E-state index in [4.69, 9.17) is 25.8 Å². The molecule has 0 spiro atoms. The van der Waals surface area contributed by atoms with Crippen molar-refractivity contribution in [3.8, 4) is 11.5 Å². The lowest BCUT2D eigenvalue weighted by Gasteiger charge is -2.38. The van der Waals surface area contributed by atoms with Gasteiger partial charge in [-0.25, -0.2) is 4.79 Å². The fourth-order valence-corrected chi connectivity index (χ4v) is 4.65. The first-order chi connectivity index (χ1) is 15.0. The maximum Gasteiger partial charge on any atom is 0.410 e. The van der Waals surface area contributed by atoms with Crippen molar-refractivity contribution in [3.05, 3.63) is 58.6 Å². The van der Waals surface area contributed by atoms with Crippen LogP contribution in [0.3, 0.4) is 0 Å². The highest BCUT2D eigenvalue weighted by atomic mass is 35.5. The first-order valence-corrected chi connectivity index (χ1v) is 10.6. The minimum absolute atomic E-state index is 0.0186. The first-order valence-electron chi connectivity index (χ1n) is 10.2. The van der Waals surface area contributed by atoms with Gasteiger partial charge in [-0.2, -0.15) is 0 Å². The predicted molar refractivity (Wildman–Crippen MR) is 116 cm³/mol. The third kappa shape index (κ3) is 4.02. The van der Waals surface area contributed by atoms with E-state index >= 15 is 0 Å². The SMILES string of the molecule is COc1ccc(C(=O)N2CCC(N3C(=O)OCC3c3ccccc3)CC2)c(Cl)c1OC. The number of carbonyl (C=O) groups excluding carboxylic acids is 2. The fourth-order valence-electron chi connectivity index (χ4n) is 4.34. The number of rotatable bonds is 5. The monoisotopic (exact) mass is 444 g/mol. The number of likely N-dealkylation sites (tertiary alicyclic amines) is 1. The molecule has 2 aliphatic heterocycles. The number of piperidine rings is 1. The molecule has 2 aromatic rings. The Kier molecular flexibility index (Phi) is 6.23. The van der Waals surface area contributed by atoms with Gasteiger partial charge in [0.05, 0.1) is 30.8 Å². The second-order valence-electron chi connectivity index (χ2n) is 7.60.